The van der Waals surface area contributed by atoms with Gasteiger partial charge in [-0.1, -0.05) is 12.1 Å². The molecule has 2 rings (SSSR count). The maximum absolute atomic E-state index is 11.9. The molecule has 1 aromatic carbocycles. The molecule has 1 aliphatic rings. The lowest BCUT2D eigenvalue weighted by Crippen LogP contribution is -2.25. The van der Waals surface area contributed by atoms with E-state index in [1.807, 2.05) is 0 Å². The molecule has 0 spiro atoms. The van der Waals surface area contributed by atoms with Crippen LogP contribution in [0.1, 0.15) is 25.3 Å². The summed E-state index contributed by atoms with van der Waals surface area (Å²) >= 11 is 0. The lowest BCUT2D eigenvalue weighted by molar-refractivity contribution is 0.195. The molecule has 4 nitrogen and oxygen atoms in total. The fourth-order valence-electron chi connectivity index (χ4n) is 1.63. The van der Waals surface area contributed by atoms with Crippen LogP contribution in [0.5, 0.6) is 0 Å². The Morgan fingerprint density at radius 3 is 2.41 bits per heavy atom. The van der Waals surface area contributed by atoms with Crippen molar-refractivity contribution >= 4 is 10.0 Å². The lowest BCUT2D eigenvalue weighted by atomic mass is 10.1. The molecule has 0 aliphatic heterocycles. The molecule has 0 bridgehead atoms. The van der Waals surface area contributed by atoms with Gasteiger partial charge in [-0.05, 0) is 43.9 Å². The van der Waals surface area contributed by atoms with E-state index in [1.54, 1.807) is 31.2 Å². The zero-order valence-corrected chi connectivity index (χ0v) is 10.6. The third-order valence-corrected chi connectivity index (χ3v) is 4.20. The van der Waals surface area contributed by atoms with Crippen LogP contribution in [0.15, 0.2) is 29.2 Å². The molecule has 2 N–H and O–H groups in total. The average molecular weight is 255 g/mol. The van der Waals surface area contributed by atoms with Crippen molar-refractivity contribution in [1.82, 2.24) is 4.72 Å². The van der Waals surface area contributed by atoms with Crippen LogP contribution >= 0.6 is 0 Å². The molecule has 5 heteroatoms. The van der Waals surface area contributed by atoms with Gasteiger partial charge in [0.1, 0.15) is 0 Å². The molecule has 0 saturated heterocycles. The van der Waals surface area contributed by atoms with Crippen molar-refractivity contribution in [2.24, 2.45) is 0 Å². The summed E-state index contributed by atoms with van der Waals surface area (Å²) in [6.45, 7) is 1.71. The summed E-state index contributed by atoms with van der Waals surface area (Å²) in [5.41, 5.74) is 0.936. The highest BCUT2D eigenvalue weighted by atomic mass is 32.2. The van der Waals surface area contributed by atoms with Crippen molar-refractivity contribution in [2.45, 2.75) is 43.2 Å². The van der Waals surface area contributed by atoms with E-state index in [0.29, 0.717) is 11.3 Å². The van der Waals surface area contributed by atoms with Gasteiger partial charge in [0.05, 0.1) is 11.0 Å². The molecule has 0 aromatic heterocycles. The Kier molecular flexibility index (Phi) is 3.51. The predicted molar refractivity (Wildman–Crippen MR) is 65.2 cm³/mol. The van der Waals surface area contributed by atoms with Gasteiger partial charge in [0.15, 0.2) is 0 Å². The number of hydrogen-bond donors (Lipinski definition) is 2. The molecule has 0 amide bonds. The highest BCUT2D eigenvalue weighted by molar-refractivity contribution is 7.89. The first-order valence-corrected chi connectivity index (χ1v) is 7.25. The minimum Gasteiger partial charge on any atom is -0.393 e. The number of nitrogens with one attached hydrogen (secondary N) is 1. The maximum Gasteiger partial charge on any atom is 0.240 e. The summed E-state index contributed by atoms with van der Waals surface area (Å²) in [5, 5.41) is 9.23. The van der Waals surface area contributed by atoms with Crippen LogP contribution in [-0.4, -0.2) is 25.7 Å². The van der Waals surface area contributed by atoms with Crippen LogP contribution < -0.4 is 4.72 Å². The van der Waals surface area contributed by atoms with Crippen LogP contribution in [-0.2, 0) is 16.4 Å². The van der Waals surface area contributed by atoms with Crippen molar-refractivity contribution in [3.05, 3.63) is 29.8 Å². The fourth-order valence-corrected chi connectivity index (χ4v) is 2.94. The molecular formula is C12H17NO3S. The molecule has 0 radical (unpaired) electrons. The van der Waals surface area contributed by atoms with Gasteiger partial charge in [-0.25, -0.2) is 13.1 Å². The normalized spacial score (nSPS) is 18.0. The van der Waals surface area contributed by atoms with E-state index >= 15 is 0 Å². The Labute approximate surface area is 102 Å². The van der Waals surface area contributed by atoms with Crippen LogP contribution in [0, 0.1) is 0 Å². The molecular weight excluding hydrogens is 238 g/mol. The smallest absolute Gasteiger partial charge is 0.240 e. The first kappa shape index (κ1) is 12.5. The van der Waals surface area contributed by atoms with Gasteiger partial charge in [-0.15, -0.1) is 0 Å². The largest absolute Gasteiger partial charge is 0.393 e. The van der Waals surface area contributed by atoms with Gasteiger partial charge < -0.3 is 5.11 Å². The van der Waals surface area contributed by atoms with Gasteiger partial charge in [-0.2, -0.15) is 0 Å². The van der Waals surface area contributed by atoms with E-state index in [2.05, 4.69) is 4.72 Å². The Balaban J connectivity index is 2.11. The van der Waals surface area contributed by atoms with Crippen LogP contribution in [0.3, 0.4) is 0 Å². The number of hydrogen-bond acceptors (Lipinski definition) is 3. The molecule has 94 valence electrons. The number of benzene rings is 1. The molecule has 17 heavy (non-hydrogen) atoms. The first-order chi connectivity index (χ1) is 7.97. The molecule has 1 fully saturated rings. The molecule has 0 heterocycles. The summed E-state index contributed by atoms with van der Waals surface area (Å²) in [6, 6.07) is 6.78. The zero-order valence-electron chi connectivity index (χ0n) is 9.76. The molecule has 1 saturated carbocycles. The summed E-state index contributed by atoms with van der Waals surface area (Å²) in [6.07, 6.45) is 1.98. The van der Waals surface area contributed by atoms with Crippen molar-refractivity contribution in [2.75, 3.05) is 0 Å². The summed E-state index contributed by atoms with van der Waals surface area (Å²) in [4.78, 5) is 0.291. The molecule has 1 aromatic rings. The van der Waals surface area contributed by atoms with Gasteiger partial charge in [0, 0.05) is 6.04 Å². The van der Waals surface area contributed by atoms with Crippen molar-refractivity contribution in [3.8, 4) is 0 Å². The Hall–Kier alpha value is -0.910. The third-order valence-electron chi connectivity index (χ3n) is 2.66. The first-order valence-electron chi connectivity index (χ1n) is 5.77. The Morgan fingerprint density at radius 1 is 1.35 bits per heavy atom. The fraction of sp³-hybridized carbons (Fsp3) is 0.500. The molecule has 1 atom stereocenters. The Morgan fingerprint density at radius 2 is 1.94 bits per heavy atom. The van der Waals surface area contributed by atoms with Gasteiger partial charge in [0.2, 0.25) is 10.0 Å². The van der Waals surface area contributed by atoms with E-state index in [4.69, 9.17) is 0 Å². The maximum atomic E-state index is 11.9. The van der Waals surface area contributed by atoms with Gasteiger partial charge >= 0.3 is 0 Å². The number of aliphatic hydroxyl groups excluding tert-OH is 1. The van der Waals surface area contributed by atoms with E-state index in [0.717, 1.165) is 18.4 Å². The van der Waals surface area contributed by atoms with Gasteiger partial charge in [0.25, 0.3) is 0 Å². The lowest BCUT2D eigenvalue weighted by Gasteiger charge is -2.07. The summed E-state index contributed by atoms with van der Waals surface area (Å²) < 4.78 is 26.3. The Bertz CT molecular complexity index is 475. The molecule has 1 aliphatic carbocycles. The topological polar surface area (TPSA) is 66.4 Å². The highest BCUT2D eigenvalue weighted by Crippen LogP contribution is 2.22. The van der Waals surface area contributed by atoms with E-state index in [9.17, 15) is 13.5 Å². The van der Waals surface area contributed by atoms with E-state index in [1.165, 1.54) is 0 Å². The number of aliphatic hydroxyl groups is 1. The van der Waals surface area contributed by atoms with Crippen LogP contribution in [0.25, 0.3) is 0 Å². The SMILES string of the molecule is CC(O)Cc1ccc(S(=O)(=O)NC2CC2)cc1. The van der Waals surface area contributed by atoms with Gasteiger partial charge in [-0.3, -0.25) is 0 Å². The summed E-state index contributed by atoms with van der Waals surface area (Å²) in [5.74, 6) is 0. The van der Waals surface area contributed by atoms with Crippen LogP contribution in [0.4, 0.5) is 0 Å². The van der Waals surface area contributed by atoms with Crippen LogP contribution in [0.2, 0.25) is 0 Å². The second-order valence-electron chi connectivity index (χ2n) is 4.59. The predicted octanol–water partition coefficient (Wildman–Crippen LogP) is 1.05. The van der Waals surface area contributed by atoms with E-state index < -0.39 is 16.1 Å². The highest BCUT2D eigenvalue weighted by Gasteiger charge is 2.27. The quantitative estimate of drug-likeness (QED) is 0.826. The number of rotatable bonds is 5. The second kappa shape index (κ2) is 4.76. The van der Waals surface area contributed by atoms with E-state index in [-0.39, 0.29) is 6.04 Å². The molecule has 1 unspecified atom stereocenters. The number of sulfonamides is 1. The zero-order chi connectivity index (χ0) is 12.5. The minimum atomic E-state index is -3.35. The second-order valence-corrected chi connectivity index (χ2v) is 6.31. The van der Waals surface area contributed by atoms with Crippen molar-refractivity contribution in [1.29, 1.82) is 0 Å². The van der Waals surface area contributed by atoms with Crippen molar-refractivity contribution in [3.63, 3.8) is 0 Å². The third kappa shape index (κ3) is 3.52. The standard InChI is InChI=1S/C12H17NO3S/c1-9(14)8-10-2-6-12(7-3-10)17(15,16)13-11-4-5-11/h2-3,6-7,9,11,13-14H,4-5,8H2,1H3. The van der Waals surface area contributed by atoms with Crippen molar-refractivity contribution < 1.29 is 13.5 Å². The minimum absolute atomic E-state index is 0.122. The summed E-state index contributed by atoms with van der Waals surface area (Å²) in [7, 11) is -3.35. The average Bonchev–Trinajstić information content (AvgIpc) is 3.01. The monoisotopic (exact) mass is 255 g/mol.